The summed E-state index contributed by atoms with van der Waals surface area (Å²) in [5.41, 5.74) is 0. The summed E-state index contributed by atoms with van der Waals surface area (Å²) in [6, 6.07) is 1.80. The van der Waals surface area contributed by atoms with Crippen molar-refractivity contribution < 1.29 is 9.53 Å². The van der Waals surface area contributed by atoms with Crippen LogP contribution in [0.1, 0.15) is 115 Å². The van der Waals surface area contributed by atoms with Crippen LogP contribution in [0.25, 0.3) is 0 Å². The van der Waals surface area contributed by atoms with Crippen LogP contribution in [0, 0.1) is 11.3 Å². The van der Waals surface area contributed by atoms with Gasteiger partial charge < -0.3 is 4.74 Å². The van der Waals surface area contributed by atoms with Crippen molar-refractivity contribution in [2.45, 2.75) is 117 Å². The molecular formula is C23H38N4O2. The largest absolute Gasteiger partial charge is 0.457 e. The highest BCUT2D eigenvalue weighted by atomic mass is 16.5. The van der Waals surface area contributed by atoms with Gasteiger partial charge in [0, 0.05) is 12.8 Å². The summed E-state index contributed by atoms with van der Waals surface area (Å²) < 4.78 is 5.10. The number of nitriles is 1. The topological polar surface area (TPSA) is 88.8 Å². The number of esters is 1. The zero-order valence-electron chi connectivity index (χ0n) is 18.4. The number of aryl methyl sites for hydroxylation is 2. The summed E-state index contributed by atoms with van der Waals surface area (Å²) in [6.07, 6.45) is 16.1. The van der Waals surface area contributed by atoms with Crippen LogP contribution in [0.2, 0.25) is 0 Å². The zero-order valence-corrected chi connectivity index (χ0v) is 18.4. The Morgan fingerprint density at radius 3 is 1.69 bits per heavy atom. The third-order valence-corrected chi connectivity index (χ3v) is 4.87. The Balaban J connectivity index is 2.57. The first-order valence-corrected chi connectivity index (χ1v) is 11.4. The smallest absolute Gasteiger partial charge is 0.320 e. The molecule has 0 aliphatic rings. The lowest BCUT2D eigenvalue weighted by Crippen LogP contribution is -2.11. The SMILES string of the molecule is CCCCCCCCc1nc(CCCCCCCC)nc(COC(=O)CC#N)n1. The second kappa shape index (κ2) is 16.9. The minimum absolute atomic E-state index is 0.00995. The highest BCUT2D eigenvalue weighted by molar-refractivity contribution is 5.71. The molecule has 0 amide bonds. The van der Waals surface area contributed by atoms with Gasteiger partial charge in [0.05, 0.1) is 6.07 Å². The van der Waals surface area contributed by atoms with Crippen molar-refractivity contribution in [2.24, 2.45) is 0 Å². The van der Waals surface area contributed by atoms with Crippen molar-refractivity contribution >= 4 is 5.97 Å². The lowest BCUT2D eigenvalue weighted by molar-refractivity contribution is -0.143. The second-order valence-electron chi connectivity index (χ2n) is 7.62. The monoisotopic (exact) mass is 402 g/mol. The molecule has 0 unspecified atom stereocenters. The molecule has 6 heteroatoms. The standard InChI is InChI=1S/C23H38N4O2/c1-3-5-7-9-11-13-15-20-25-21(16-14-12-10-8-6-4-2)27-22(26-20)19-29-23(28)17-18-24/h3-17,19H2,1-2H3. The number of hydrogen-bond acceptors (Lipinski definition) is 6. The van der Waals surface area contributed by atoms with Crippen molar-refractivity contribution in [2.75, 3.05) is 0 Å². The highest BCUT2D eigenvalue weighted by Crippen LogP contribution is 2.11. The molecule has 0 spiro atoms. The first kappa shape index (κ1) is 25.0. The van der Waals surface area contributed by atoms with Crippen LogP contribution in [0.4, 0.5) is 0 Å². The van der Waals surface area contributed by atoms with E-state index < -0.39 is 5.97 Å². The molecule has 0 aliphatic heterocycles. The molecule has 0 atom stereocenters. The Labute approximate surface area is 176 Å². The first-order valence-electron chi connectivity index (χ1n) is 11.4. The average molecular weight is 403 g/mol. The van der Waals surface area contributed by atoms with Crippen LogP contribution in [0.3, 0.4) is 0 Å². The molecule has 1 rings (SSSR count). The maximum atomic E-state index is 11.5. The number of aromatic nitrogens is 3. The predicted octanol–water partition coefficient (Wildman–Crippen LogP) is 5.63. The number of hydrogen-bond donors (Lipinski definition) is 0. The van der Waals surface area contributed by atoms with Gasteiger partial charge in [-0.3, -0.25) is 4.79 Å². The fourth-order valence-corrected chi connectivity index (χ4v) is 3.20. The van der Waals surface area contributed by atoms with Crippen LogP contribution >= 0.6 is 0 Å². The van der Waals surface area contributed by atoms with E-state index in [1.165, 1.54) is 64.2 Å². The molecule has 162 valence electrons. The fraction of sp³-hybridized carbons (Fsp3) is 0.783. The normalized spacial score (nSPS) is 10.7. The van der Waals surface area contributed by atoms with E-state index in [2.05, 4.69) is 28.8 Å². The van der Waals surface area contributed by atoms with Gasteiger partial charge >= 0.3 is 5.97 Å². The molecule has 0 saturated heterocycles. The van der Waals surface area contributed by atoms with Gasteiger partial charge in [0.2, 0.25) is 0 Å². The number of carbonyl (C=O) groups is 1. The van der Waals surface area contributed by atoms with Gasteiger partial charge in [-0.05, 0) is 12.8 Å². The van der Waals surface area contributed by atoms with Crippen LogP contribution in [-0.4, -0.2) is 20.9 Å². The lowest BCUT2D eigenvalue weighted by atomic mass is 10.1. The van der Waals surface area contributed by atoms with E-state index in [0.717, 1.165) is 37.3 Å². The maximum Gasteiger partial charge on any atom is 0.320 e. The van der Waals surface area contributed by atoms with Gasteiger partial charge in [0.15, 0.2) is 12.4 Å². The van der Waals surface area contributed by atoms with Crippen molar-refractivity contribution in [1.82, 2.24) is 15.0 Å². The molecule has 1 heterocycles. The Hall–Kier alpha value is -2.03. The van der Waals surface area contributed by atoms with Gasteiger partial charge in [0.25, 0.3) is 0 Å². The van der Waals surface area contributed by atoms with Crippen molar-refractivity contribution in [1.29, 1.82) is 5.26 Å². The summed E-state index contributed by atoms with van der Waals surface area (Å²) in [6.45, 7) is 4.46. The van der Waals surface area contributed by atoms with E-state index in [9.17, 15) is 4.79 Å². The van der Waals surface area contributed by atoms with Gasteiger partial charge in [-0.2, -0.15) is 5.26 Å². The predicted molar refractivity (Wildman–Crippen MR) is 114 cm³/mol. The molecule has 0 bridgehead atoms. The van der Waals surface area contributed by atoms with Gasteiger partial charge in [-0.25, -0.2) is 15.0 Å². The van der Waals surface area contributed by atoms with E-state index in [0.29, 0.717) is 5.82 Å². The maximum absolute atomic E-state index is 11.5. The molecule has 0 fully saturated rings. The van der Waals surface area contributed by atoms with E-state index in [1.54, 1.807) is 6.07 Å². The minimum Gasteiger partial charge on any atom is -0.457 e. The van der Waals surface area contributed by atoms with Gasteiger partial charge in [-0.15, -0.1) is 0 Å². The van der Waals surface area contributed by atoms with Crippen LogP contribution < -0.4 is 0 Å². The number of unbranched alkanes of at least 4 members (excludes halogenated alkanes) is 10. The Kier molecular flexibility index (Phi) is 14.6. The molecule has 0 N–H and O–H groups in total. The first-order chi connectivity index (χ1) is 14.2. The second-order valence-corrected chi connectivity index (χ2v) is 7.62. The molecule has 0 radical (unpaired) electrons. The van der Waals surface area contributed by atoms with E-state index >= 15 is 0 Å². The van der Waals surface area contributed by atoms with Crippen molar-refractivity contribution in [3.63, 3.8) is 0 Å². The van der Waals surface area contributed by atoms with Crippen molar-refractivity contribution in [3.05, 3.63) is 17.5 Å². The van der Waals surface area contributed by atoms with E-state index in [4.69, 9.17) is 10.00 Å². The molecular weight excluding hydrogens is 364 g/mol. The van der Waals surface area contributed by atoms with E-state index in [-0.39, 0.29) is 13.0 Å². The molecule has 0 aromatic carbocycles. The molecule has 6 nitrogen and oxygen atoms in total. The van der Waals surface area contributed by atoms with Crippen molar-refractivity contribution in [3.8, 4) is 6.07 Å². The summed E-state index contributed by atoms with van der Waals surface area (Å²) in [5.74, 6) is 1.54. The number of carbonyl (C=O) groups excluding carboxylic acids is 1. The third kappa shape index (κ3) is 12.9. The Morgan fingerprint density at radius 2 is 1.21 bits per heavy atom. The molecule has 1 aromatic rings. The lowest BCUT2D eigenvalue weighted by Gasteiger charge is -2.08. The van der Waals surface area contributed by atoms with Gasteiger partial charge in [0.1, 0.15) is 18.1 Å². The molecule has 0 aliphatic carbocycles. The van der Waals surface area contributed by atoms with E-state index in [1.807, 2.05) is 0 Å². The highest BCUT2D eigenvalue weighted by Gasteiger charge is 2.10. The average Bonchev–Trinajstić information content (AvgIpc) is 2.72. The quantitative estimate of drug-likeness (QED) is 0.248. The Morgan fingerprint density at radius 1 is 0.759 bits per heavy atom. The summed E-state index contributed by atoms with van der Waals surface area (Å²) in [5, 5.41) is 8.58. The minimum atomic E-state index is -0.539. The Bertz CT molecular complexity index is 579. The molecule has 0 saturated carbocycles. The van der Waals surface area contributed by atoms with Crippen LogP contribution in [-0.2, 0) is 29.0 Å². The van der Waals surface area contributed by atoms with Crippen LogP contribution in [0.5, 0.6) is 0 Å². The summed E-state index contributed by atoms with van der Waals surface area (Å²) in [4.78, 5) is 25.1. The summed E-state index contributed by atoms with van der Waals surface area (Å²) >= 11 is 0. The number of ether oxygens (including phenoxy) is 1. The number of rotatable bonds is 17. The van der Waals surface area contributed by atoms with Crippen LogP contribution in [0.15, 0.2) is 0 Å². The number of nitrogens with zero attached hydrogens (tertiary/aromatic N) is 4. The summed E-state index contributed by atoms with van der Waals surface area (Å²) in [7, 11) is 0. The third-order valence-electron chi connectivity index (χ3n) is 4.87. The van der Waals surface area contributed by atoms with Gasteiger partial charge in [-0.1, -0.05) is 78.1 Å². The fourth-order valence-electron chi connectivity index (χ4n) is 3.20. The zero-order chi connectivity index (χ0) is 21.2. The molecule has 29 heavy (non-hydrogen) atoms. The molecule has 1 aromatic heterocycles.